The first-order chi connectivity index (χ1) is 17.8. The number of halogens is 3. The largest absolute Gasteiger partial charge is 0.469 e. The SMILES string of the molecule is C=COC(O)c1cnn(CC2=CCC(c3noc(-c4cc(-c5ccccc5)c(C(F)(F)F)s4)n3)C=C2)c1. The van der Waals surface area contributed by atoms with Crippen LogP contribution < -0.4 is 0 Å². The fraction of sp³-hybridized carbons (Fsp3) is 0.192. The van der Waals surface area contributed by atoms with E-state index in [0.29, 0.717) is 41.3 Å². The van der Waals surface area contributed by atoms with Crippen LogP contribution in [0.1, 0.15) is 34.9 Å². The molecule has 1 N–H and O–H groups in total. The fourth-order valence-corrected chi connectivity index (χ4v) is 4.92. The number of rotatable bonds is 8. The van der Waals surface area contributed by atoms with Gasteiger partial charge in [0.2, 0.25) is 6.29 Å². The molecule has 0 saturated heterocycles. The van der Waals surface area contributed by atoms with Crippen molar-refractivity contribution in [3.8, 4) is 21.9 Å². The molecule has 190 valence electrons. The molecule has 0 amide bonds. The molecule has 11 heteroatoms. The van der Waals surface area contributed by atoms with Gasteiger partial charge in [-0.15, -0.1) is 11.3 Å². The molecule has 1 aliphatic rings. The van der Waals surface area contributed by atoms with Crippen molar-refractivity contribution in [3.63, 3.8) is 0 Å². The average Bonchev–Trinajstić information content (AvgIpc) is 3.64. The highest BCUT2D eigenvalue weighted by molar-refractivity contribution is 7.16. The molecule has 0 fully saturated rings. The van der Waals surface area contributed by atoms with E-state index in [-0.39, 0.29) is 22.2 Å². The van der Waals surface area contributed by atoms with Crippen molar-refractivity contribution in [1.29, 1.82) is 0 Å². The van der Waals surface area contributed by atoms with E-state index in [1.165, 1.54) is 12.3 Å². The number of aliphatic hydroxyl groups is 1. The number of aromatic nitrogens is 4. The Morgan fingerprint density at radius 2 is 2.11 bits per heavy atom. The molecule has 0 bridgehead atoms. The van der Waals surface area contributed by atoms with E-state index >= 15 is 0 Å². The first-order valence-corrected chi connectivity index (χ1v) is 12.1. The summed E-state index contributed by atoms with van der Waals surface area (Å²) >= 11 is 0.590. The standard InChI is InChI=1S/C26H21F3N4O3S/c1-2-35-25(34)19-13-30-33(15-19)14-16-8-10-18(11-9-16)23-31-24(36-32-23)21-12-20(17-6-4-3-5-7-17)22(37-21)26(27,28)29/h2-10,12-13,15,18,25,34H,1,11,14H2. The number of allylic oxidation sites excluding steroid dienone is 4. The number of thiophene rings is 1. The summed E-state index contributed by atoms with van der Waals surface area (Å²) in [5.41, 5.74) is 2.06. The van der Waals surface area contributed by atoms with Crippen LogP contribution in [0, 0.1) is 0 Å². The third-order valence-electron chi connectivity index (χ3n) is 5.74. The van der Waals surface area contributed by atoms with Crippen molar-refractivity contribution < 1.29 is 27.5 Å². The molecule has 4 aromatic rings. The lowest BCUT2D eigenvalue weighted by Gasteiger charge is -2.13. The third-order valence-corrected chi connectivity index (χ3v) is 6.91. The first-order valence-electron chi connectivity index (χ1n) is 11.3. The maximum Gasteiger partial charge on any atom is 0.426 e. The Balaban J connectivity index is 1.29. The molecule has 2 unspecified atom stereocenters. The lowest BCUT2D eigenvalue weighted by Crippen LogP contribution is -2.06. The van der Waals surface area contributed by atoms with Gasteiger partial charge in [0.05, 0.1) is 29.4 Å². The quantitative estimate of drug-likeness (QED) is 0.208. The number of benzene rings is 1. The zero-order chi connectivity index (χ0) is 26.0. The predicted molar refractivity (Wildman–Crippen MR) is 131 cm³/mol. The third kappa shape index (κ3) is 5.42. The number of nitrogens with zero attached hydrogens (tertiary/aromatic N) is 4. The number of alkyl halides is 3. The molecule has 1 aromatic carbocycles. The van der Waals surface area contributed by atoms with E-state index in [9.17, 15) is 18.3 Å². The van der Waals surface area contributed by atoms with E-state index in [4.69, 9.17) is 9.26 Å². The van der Waals surface area contributed by atoms with Crippen molar-refractivity contribution in [2.24, 2.45) is 0 Å². The molecule has 7 nitrogen and oxygen atoms in total. The van der Waals surface area contributed by atoms with Crippen LogP contribution in [0.2, 0.25) is 0 Å². The van der Waals surface area contributed by atoms with Crippen LogP contribution in [0.4, 0.5) is 13.2 Å². The molecule has 0 spiro atoms. The Morgan fingerprint density at radius 1 is 1.30 bits per heavy atom. The van der Waals surface area contributed by atoms with E-state index in [0.717, 1.165) is 11.8 Å². The predicted octanol–water partition coefficient (Wildman–Crippen LogP) is 6.50. The lowest BCUT2D eigenvalue weighted by atomic mass is 9.96. The Hall–Kier alpha value is -3.96. The molecule has 37 heavy (non-hydrogen) atoms. The van der Waals surface area contributed by atoms with Gasteiger partial charge in [0.15, 0.2) is 5.82 Å². The van der Waals surface area contributed by atoms with Crippen LogP contribution in [-0.2, 0) is 17.5 Å². The lowest BCUT2D eigenvalue weighted by molar-refractivity contribution is -0.133. The molecule has 0 radical (unpaired) electrons. The Bertz CT molecular complexity index is 1450. The van der Waals surface area contributed by atoms with E-state index < -0.39 is 17.3 Å². The van der Waals surface area contributed by atoms with Gasteiger partial charge >= 0.3 is 6.18 Å². The van der Waals surface area contributed by atoms with E-state index in [2.05, 4.69) is 21.8 Å². The highest BCUT2D eigenvalue weighted by Crippen LogP contribution is 2.45. The van der Waals surface area contributed by atoms with Crippen molar-refractivity contribution >= 4 is 11.3 Å². The van der Waals surface area contributed by atoms with Crippen molar-refractivity contribution in [3.05, 3.63) is 102 Å². The van der Waals surface area contributed by atoms with E-state index in [1.807, 2.05) is 18.2 Å². The summed E-state index contributed by atoms with van der Waals surface area (Å²) in [6.45, 7) is 3.90. The maximum absolute atomic E-state index is 13.7. The summed E-state index contributed by atoms with van der Waals surface area (Å²) in [7, 11) is 0. The van der Waals surface area contributed by atoms with Crippen LogP contribution in [-0.4, -0.2) is 25.0 Å². The smallest absolute Gasteiger partial charge is 0.426 e. The van der Waals surface area contributed by atoms with Gasteiger partial charge in [0.1, 0.15) is 4.88 Å². The molecule has 2 atom stereocenters. The fourth-order valence-electron chi connectivity index (χ4n) is 3.95. The van der Waals surface area contributed by atoms with Crippen LogP contribution in [0.5, 0.6) is 0 Å². The van der Waals surface area contributed by atoms with Crippen LogP contribution in [0.15, 0.2) is 90.0 Å². The Labute approximate surface area is 213 Å². The monoisotopic (exact) mass is 526 g/mol. The molecule has 5 rings (SSSR count). The molecular formula is C26H21F3N4O3S. The minimum atomic E-state index is -4.50. The first kappa shape index (κ1) is 24.7. The van der Waals surface area contributed by atoms with Crippen LogP contribution in [0.3, 0.4) is 0 Å². The molecule has 3 aromatic heterocycles. The molecule has 1 aliphatic carbocycles. The maximum atomic E-state index is 13.7. The topological polar surface area (TPSA) is 86.2 Å². The number of aliphatic hydroxyl groups excluding tert-OH is 1. The second-order valence-corrected chi connectivity index (χ2v) is 9.33. The average molecular weight is 527 g/mol. The van der Waals surface area contributed by atoms with Gasteiger partial charge in [-0.1, -0.05) is 60.3 Å². The minimum absolute atomic E-state index is 0.0558. The van der Waals surface area contributed by atoms with Crippen molar-refractivity contribution in [2.45, 2.75) is 31.3 Å². The summed E-state index contributed by atoms with van der Waals surface area (Å²) in [4.78, 5) is 3.96. The van der Waals surface area contributed by atoms with Crippen LogP contribution in [0.25, 0.3) is 21.9 Å². The summed E-state index contributed by atoms with van der Waals surface area (Å²) < 4.78 is 53.1. The van der Waals surface area contributed by atoms with Crippen molar-refractivity contribution in [1.82, 2.24) is 19.9 Å². The van der Waals surface area contributed by atoms with Gasteiger partial charge in [0, 0.05) is 17.7 Å². The highest BCUT2D eigenvalue weighted by Gasteiger charge is 2.37. The minimum Gasteiger partial charge on any atom is -0.469 e. The molecular weight excluding hydrogens is 505 g/mol. The number of hydrogen-bond donors (Lipinski definition) is 1. The summed E-state index contributed by atoms with van der Waals surface area (Å²) in [6, 6.07) is 9.87. The van der Waals surface area contributed by atoms with Gasteiger partial charge < -0.3 is 14.4 Å². The Morgan fingerprint density at radius 3 is 2.81 bits per heavy atom. The summed E-state index contributed by atoms with van der Waals surface area (Å²) in [6.07, 6.45) is 5.18. The van der Waals surface area contributed by atoms with Gasteiger partial charge in [-0.2, -0.15) is 23.3 Å². The van der Waals surface area contributed by atoms with Gasteiger partial charge in [0.25, 0.3) is 5.89 Å². The van der Waals surface area contributed by atoms with Gasteiger partial charge in [-0.3, -0.25) is 4.68 Å². The van der Waals surface area contributed by atoms with Crippen molar-refractivity contribution in [2.75, 3.05) is 0 Å². The second kappa shape index (κ2) is 10.2. The molecule has 0 aliphatic heterocycles. The second-order valence-electron chi connectivity index (χ2n) is 8.28. The van der Waals surface area contributed by atoms with Crippen LogP contribution >= 0.6 is 11.3 Å². The zero-order valence-electron chi connectivity index (χ0n) is 19.3. The van der Waals surface area contributed by atoms with E-state index in [1.54, 1.807) is 41.2 Å². The van der Waals surface area contributed by atoms with Gasteiger partial charge in [-0.25, -0.2) is 0 Å². The highest BCUT2D eigenvalue weighted by atomic mass is 32.1. The number of hydrogen-bond acceptors (Lipinski definition) is 7. The number of ether oxygens (including phenoxy) is 1. The molecule has 0 saturated carbocycles. The normalized spacial score (nSPS) is 16.4. The summed E-state index contributed by atoms with van der Waals surface area (Å²) in [5, 5.41) is 18.1. The molecule has 3 heterocycles. The zero-order valence-corrected chi connectivity index (χ0v) is 20.1. The Kier molecular flexibility index (Phi) is 6.81. The van der Waals surface area contributed by atoms with Gasteiger partial charge in [-0.05, 0) is 23.6 Å². The summed E-state index contributed by atoms with van der Waals surface area (Å²) in [5.74, 6) is 0.281.